The molecular weight excluding hydrogens is 733 g/mol. The van der Waals surface area contributed by atoms with Crippen molar-refractivity contribution < 1.29 is 52.3 Å². The van der Waals surface area contributed by atoms with Gasteiger partial charge in [-0.05, 0) is 64.2 Å². The van der Waals surface area contributed by atoms with Crippen LogP contribution in [-0.2, 0) is 32.7 Å². The number of unbranched alkanes of at least 4 members (excludes halogenated alkanes) is 16. The van der Waals surface area contributed by atoms with Crippen LogP contribution in [0.3, 0.4) is 0 Å². The number of phosphoric acid groups is 1. The van der Waals surface area contributed by atoms with Crippen molar-refractivity contribution in [1.82, 2.24) is 0 Å². The predicted octanol–water partition coefficient (Wildman–Crippen LogP) is 10.3. The van der Waals surface area contributed by atoms with Crippen LogP contribution in [-0.4, -0.2) is 97.3 Å². The molecule has 56 heavy (non-hydrogen) atoms. The Balaban J connectivity index is 4.46. The maximum Gasteiger partial charge on any atom is 0.472 e. The molecular formula is C44H85NO10P+. The van der Waals surface area contributed by atoms with Crippen LogP contribution in [0.1, 0.15) is 181 Å². The number of likely N-dealkylation sites (N-methyl/N-ethyl adjacent to an activating group) is 1. The number of esters is 2. The van der Waals surface area contributed by atoms with Gasteiger partial charge in [0.2, 0.25) is 0 Å². The highest BCUT2D eigenvalue weighted by Gasteiger charge is 2.27. The summed E-state index contributed by atoms with van der Waals surface area (Å²) in [5.74, 6) is -0.889. The molecule has 0 spiro atoms. The van der Waals surface area contributed by atoms with Gasteiger partial charge in [0, 0.05) is 12.8 Å². The van der Waals surface area contributed by atoms with E-state index in [1.54, 1.807) is 0 Å². The standard InChI is InChI=1S/C44H84NO10P/c1-6-8-10-24-30-40(46)32-26-20-16-12-14-18-22-28-34-43(48)52-38-42(39-54-56(50,51)53-37-36-45(3,4)5)55-44(49)35-29-23-19-15-13-17-21-27-33-41(47)31-25-11-9-7-2/h20-21,26-27,40-42,46-47H,6-19,22-25,28-39H2,1-5H3/p+1/b26-20+,27-21+. The van der Waals surface area contributed by atoms with Crippen LogP contribution in [0.15, 0.2) is 24.3 Å². The molecule has 11 nitrogen and oxygen atoms in total. The van der Waals surface area contributed by atoms with Crippen molar-refractivity contribution in [3.8, 4) is 0 Å². The average molecular weight is 819 g/mol. The average Bonchev–Trinajstić information content (AvgIpc) is 3.13. The van der Waals surface area contributed by atoms with Gasteiger partial charge in [0.15, 0.2) is 6.10 Å². The Hall–Kier alpha value is -1.59. The van der Waals surface area contributed by atoms with Gasteiger partial charge in [0.05, 0.1) is 40.0 Å². The fraction of sp³-hybridized carbons (Fsp3) is 0.864. The normalized spacial score (nSPS) is 14.9. The Kier molecular flexibility index (Phi) is 35.5. The van der Waals surface area contributed by atoms with Crippen LogP contribution in [0.4, 0.5) is 0 Å². The Morgan fingerprint density at radius 2 is 1.07 bits per heavy atom. The summed E-state index contributed by atoms with van der Waals surface area (Å²) in [6.07, 6.45) is 31.3. The number of carbonyl (C=O) groups is 2. The van der Waals surface area contributed by atoms with E-state index in [1.807, 2.05) is 21.1 Å². The number of carbonyl (C=O) groups excluding carboxylic acids is 2. The van der Waals surface area contributed by atoms with Gasteiger partial charge >= 0.3 is 19.8 Å². The molecule has 0 fully saturated rings. The first kappa shape index (κ1) is 54.4. The summed E-state index contributed by atoms with van der Waals surface area (Å²) in [4.78, 5) is 35.4. The lowest BCUT2D eigenvalue weighted by atomic mass is 10.1. The highest BCUT2D eigenvalue weighted by Crippen LogP contribution is 2.43. The third-order valence-electron chi connectivity index (χ3n) is 9.60. The van der Waals surface area contributed by atoms with Gasteiger partial charge in [-0.15, -0.1) is 0 Å². The van der Waals surface area contributed by atoms with Crippen molar-refractivity contribution in [3.05, 3.63) is 24.3 Å². The number of allylic oxidation sites excluding steroid dienone is 2. The van der Waals surface area contributed by atoms with Crippen molar-refractivity contribution in [3.63, 3.8) is 0 Å². The zero-order valence-corrected chi connectivity index (χ0v) is 37.2. The largest absolute Gasteiger partial charge is 0.472 e. The quantitative estimate of drug-likeness (QED) is 0.0179. The van der Waals surface area contributed by atoms with Crippen molar-refractivity contribution >= 4 is 19.8 Å². The number of rotatable bonds is 40. The lowest BCUT2D eigenvalue weighted by molar-refractivity contribution is -0.870. The number of quaternary nitrogens is 1. The van der Waals surface area contributed by atoms with Crippen LogP contribution >= 0.6 is 7.82 Å². The molecule has 0 bridgehead atoms. The number of aliphatic hydroxyl groups excluding tert-OH is 2. The molecule has 0 rings (SSSR count). The second kappa shape index (κ2) is 36.5. The Labute approximate surface area is 342 Å². The molecule has 4 atom stereocenters. The number of aliphatic hydroxyl groups is 2. The number of ether oxygens (including phenoxy) is 2. The Bertz CT molecular complexity index is 1050. The molecule has 0 heterocycles. The molecule has 4 unspecified atom stereocenters. The van der Waals surface area contributed by atoms with Gasteiger partial charge < -0.3 is 29.1 Å². The highest BCUT2D eigenvalue weighted by atomic mass is 31.2. The van der Waals surface area contributed by atoms with Gasteiger partial charge in [0.25, 0.3) is 0 Å². The van der Waals surface area contributed by atoms with E-state index in [2.05, 4.69) is 38.2 Å². The van der Waals surface area contributed by atoms with Crippen molar-refractivity contribution in [2.24, 2.45) is 0 Å². The summed E-state index contributed by atoms with van der Waals surface area (Å²) in [7, 11) is 1.40. The maximum absolute atomic E-state index is 12.7. The van der Waals surface area contributed by atoms with Gasteiger partial charge in [-0.2, -0.15) is 0 Å². The monoisotopic (exact) mass is 819 g/mol. The molecule has 0 aliphatic carbocycles. The van der Waals surface area contributed by atoms with E-state index in [9.17, 15) is 29.3 Å². The van der Waals surface area contributed by atoms with E-state index in [1.165, 1.54) is 38.5 Å². The van der Waals surface area contributed by atoms with Gasteiger partial charge in [-0.1, -0.05) is 128 Å². The third-order valence-corrected chi connectivity index (χ3v) is 10.6. The minimum Gasteiger partial charge on any atom is -0.462 e. The number of phosphoric ester groups is 1. The van der Waals surface area contributed by atoms with Crippen molar-refractivity contribution in [2.45, 2.75) is 199 Å². The van der Waals surface area contributed by atoms with Crippen molar-refractivity contribution in [2.75, 3.05) is 47.5 Å². The van der Waals surface area contributed by atoms with Crippen LogP contribution < -0.4 is 0 Å². The maximum atomic E-state index is 12.7. The van der Waals surface area contributed by atoms with Crippen LogP contribution in [0, 0.1) is 0 Å². The molecule has 0 radical (unpaired) electrons. The molecule has 0 aliphatic rings. The first-order chi connectivity index (χ1) is 26.8. The fourth-order valence-electron chi connectivity index (χ4n) is 5.98. The first-order valence-corrected chi connectivity index (χ1v) is 23.7. The molecule has 0 aromatic carbocycles. The number of nitrogens with zero attached hydrogens (tertiary/aromatic N) is 1. The third kappa shape index (κ3) is 39.2. The molecule has 330 valence electrons. The molecule has 0 saturated heterocycles. The summed E-state index contributed by atoms with van der Waals surface area (Å²) in [6.45, 7) is 4.17. The van der Waals surface area contributed by atoms with Gasteiger partial charge in [-0.25, -0.2) is 4.57 Å². The molecule has 0 amide bonds. The van der Waals surface area contributed by atoms with Crippen LogP contribution in [0.25, 0.3) is 0 Å². The smallest absolute Gasteiger partial charge is 0.462 e. The SMILES string of the molecule is CCCCCCC(O)C/C=C/CCCCCCCC(=O)OCC(COP(=O)(O)OCC[N+](C)(C)C)OC(=O)CCCCCCC/C=C/CC(O)CCCCCC. The van der Waals surface area contributed by atoms with Crippen LogP contribution in [0.2, 0.25) is 0 Å². The van der Waals surface area contributed by atoms with E-state index in [4.69, 9.17) is 18.5 Å². The summed E-state index contributed by atoms with van der Waals surface area (Å²) in [5.41, 5.74) is 0. The van der Waals surface area contributed by atoms with E-state index in [-0.39, 0.29) is 38.3 Å². The fourth-order valence-corrected chi connectivity index (χ4v) is 6.72. The summed E-state index contributed by atoms with van der Waals surface area (Å²) in [6, 6.07) is 0. The summed E-state index contributed by atoms with van der Waals surface area (Å²) < 4.78 is 34.2. The minimum atomic E-state index is -4.40. The number of hydrogen-bond acceptors (Lipinski definition) is 9. The molecule has 3 N–H and O–H groups in total. The van der Waals surface area contributed by atoms with E-state index >= 15 is 0 Å². The first-order valence-electron chi connectivity index (χ1n) is 22.2. The Morgan fingerprint density at radius 3 is 1.57 bits per heavy atom. The predicted molar refractivity (Wildman–Crippen MR) is 227 cm³/mol. The second-order valence-corrected chi connectivity index (χ2v) is 17.9. The lowest BCUT2D eigenvalue weighted by Gasteiger charge is -2.24. The number of hydrogen-bond donors (Lipinski definition) is 3. The zero-order chi connectivity index (χ0) is 41.8. The van der Waals surface area contributed by atoms with Gasteiger partial charge in [-0.3, -0.25) is 18.6 Å². The van der Waals surface area contributed by atoms with E-state index < -0.39 is 32.5 Å². The second-order valence-electron chi connectivity index (χ2n) is 16.4. The molecule has 0 saturated carbocycles. The molecule has 0 aliphatic heterocycles. The molecule has 0 aromatic heterocycles. The molecule has 0 aromatic rings. The van der Waals surface area contributed by atoms with E-state index in [0.717, 1.165) is 96.3 Å². The minimum absolute atomic E-state index is 0.00934. The van der Waals surface area contributed by atoms with Crippen LogP contribution in [0.5, 0.6) is 0 Å². The van der Waals surface area contributed by atoms with E-state index in [0.29, 0.717) is 30.3 Å². The topological polar surface area (TPSA) is 149 Å². The Morgan fingerprint density at radius 1 is 0.607 bits per heavy atom. The highest BCUT2D eigenvalue weighted by molar-refractivity contribution is 7.47. The summed E-state index contributed by atoms with van der Waals surface area (Å²) in [5, 5.41) is 20.1. The van der Waals surface area contributed by atoms with Crippen molar-refractivity contribution in [1.29, 1.82) is 0 Å². The summed E-state index contributed by atoms with van der Waals surface area (Å²) >= 11 is 0. The van der Waals surface area contributed by atoms with Gasteiger partial charge in [0.1, 0.15) is 19.8 Å². The molecule has 12 heteroatoms. The lowest BCUT2D eigenvalue weighted by Crippen LogP contribution is -2.37. The zero-order valence-electron chi connectivity index (χ0n) is 36.3.